The maximum atomic E-state index is 13.1. The maximum absolute atomic E-state index is 13.1. The molecule has 1 atom stereocenters. The zero-order valence-electron chi connectivity index (χ0n) is 11.3. The highest BCUT2D eigenvalue weighted by molar-refractivity contribution is 6.30. The number of benzene rings is 1. The summed E-state index contributed by atoms with van der Waals surface area (Å²) in [7, 11) is 0. The first-order valence-corrected chi connectivity index (χ1v) is 6.55. The molecule has 18 heavy (non-hydrogen) atoms. The van der Waals surface area contributed by atoms with Gasteiger partial charge in [-0.3, -0.25) is 0 Å². The normalized spacial score (nSPS) is 14.6. The van der Waals surface area contributed by atoms with E-state index in [0.717, 1.165) is 18.5 Å². The second-order valence-electron chi connectivity index (χ2n) is 5.32. The molecule has 0 aromatic heterocycles. The Morgan fingerprint density at radius 2 is 2.17 bits per heavy atom. The van der Waals surface area contributed by atoms with Crippen molar-refractivity contribution in [2.24, 2.45) is 5.41 Å². The van der Waals surface area contributed by atoms with Crippen LogP contribution in [0.3, 0.4) is 0 Å². The Labute approximate surface area is 114 Å². The van der Waals surface area contributed by atoms with Crippen LogP contribution in [0.4, 0.5) is 4.39 Å². The molecule has 1 rings (SSSR count). The molecule has 1 aromatic rings. The fourth-order valence-electron chi connectivity index (χ4n) is 1.76. The summed E-state index contributed by atoms with van der Waals surface area (Å²) in [4.78, 5) is 0. The Morgan fingerprint density at radius 1 is 1.50 bits per heavy atom. The number of rotatable bonds is 6. The van der Waals surface area contributed by atoms with Crippen LogP contribution in [-0.2, 0) is 6.42 Å². The summed E-state index contributed by atoms with van der Waals surface area (Å²) in [5, 5.41) is 3.58. The van der Waals surface area contributed by atoms with Gasteiger partial charge in [0.05, 0.1) is 5.02 Å². The Morgan fingerprint density at radius 3 is 2.67 bits per heavy atom. The van der Waals surface area contributed by atoms with Crippen molar-refractivity contribution in [1.82, 2.24) is 5.32 Å². The monoisotopic (exact) mass is 269 g/mol. The molecule has 0 saturated heterocycles. The van der Waals surface area contributed by atoms with E-state index in [1.54, 1.807) is 12.1 Å². The van der Waals surface area contributed by atoms with E-state index in [1.807, 2.05) is 6.08 Å². The van der Waals surface area contributed by atoms with Gasteiger partial charge in [0.25, 0.3) is 0 Å². The first-order valence-electron chi connectivity index (χ1n) is 6.17. The lowest BCUT2D eigenvalue weighted by Gasteiger charge is -2.27. The average molecular weight is 270 g/mol. The molecule has 1 aromatic carbocycles. The van der Waals surface area contributed by atoms with Crippen LogP contribution in [-0.4, -0.2) is 12.6 Å². The van der Waals surface area contributed by atoms with Crippen LogP contribution in [0.2, 0.25) is 5.02 Å². The van der Waals surface area contributed by atoms with E-state index in [-0.39, 0.29) is 16.3 Å². The van der Waals surface area contributed by atoms with Gasteiger partial charge in [0.15, 0.2) is 0 Å². The van der Waals surface area contributed by atoms with E-state index in [1.165, 1.54) is 6.07 Å². The molecular weight excluding hydrogens is 249 g/mol. The Bertz CT molecular complexity index is 417. The molecule has 0 amide bonds. The molecule has 3 heteroatoms. The minimum atomic E-state index is -0.374. The van der Waals surface area contributed by atoms with Gasteiger partial charge >= 0.3 is 0 Å². The van der Waals surface area contributed by atoms with Crippen molar-refractivity contribution in [2.45, 2.75) is 33.2 Å². The second-order valence-corrected chi connectivity index (χ2v) is 5.73. The molecule has 100 valence electrons. The predicted octanol–water partition coefficient (Wildman–Crippen LogP) is 4.21. The number of hydrogen-bond donors (Lipinski definition) is 1. The van der Waals surface area contributed by atoms with Crippen LogP contribution in [0.25, 0.3) is 0 Å². The van der Waals surface area contributed by atoms with Gasteiger partial charge in [-0.15, -0.1) is 6.58 Å². The van der Waals surface area contributed by atoms with Crippen LogP contribution in [0.1, 0.15) is 26.3 Å². The summed E-state index contributed by atoms with van der Waals surface area (Å²) in [5.74, 6) is -0.374. The van der Waals surface area contributed by atoms with E-state index in [2.05, 4.69) is 32.7 Å². The smallest absolute Gasteiger partial charge is 0.141 e. The van der Waals surface area contributed by atoms with Gasteiger partial charge < -0.3 is 5.32 Å². The molecule has 0 heterocycles. The summed E-state index contributed by atoms with van der Waals surface area (Å²) in [5.41, 5.74) is 0.958. The minimum absolute atomic E-state index is 0.0641. The number of halogens is 2. The highest BCUT2D eigenvalue weighted by Gasteiger charge is 2.21. The fraction of sp³-hybridized carbons (Fsp3) is 0.467. The lowest BCUT2D eigenvalue weighted by atomic mass is 9.83. The molecule has 0 saturated carbocycles. The summed E-state index contributed by atoms with van der Waals surface area (Å²) < 4.78 is 13.1. The zero-order chi connectivity index (χ0) is 13.8. The topological polar surface area (TPSA) is 12.0 Å². The molecule has 0 aliphatic rings. The lowest BCUT2D eigenvalue weighted by Crippen LogP contribution is -2.35. The van der Waals surface area contributed by atoms with Crippen LogP contribution in [0.5, 0.6) is 0 Å². The minimum Gasteiger partial charge on any atom is -0.314 e. The first-order chi connectivity index (χ1) is 8.36. The largest absolute Gasteiger partial charge is 0.314 e. The van der Waals surface area contributed by atoms with E-state index in [4.69, 9.17) is 11.6 Å². The summed E-state index contributed by atoms with van der Waals surface area (Å²) >= 11 is 5.80. The molecule has 0 bridgehead atoms. The molecule has 0 aliphatic carbocycles. The van der Waals surface area contributed by atoms with Crippen molar-refractivity contribution < 1.29 is 4.39 Å². The zero-order valence-corrected chi connectivity index (χ0v) is 12.0. The third-order valence-electron chi connectivity index (χ3n) is 3.00. The quantitative estimate of drug-likeness (QED) is 0.763. The van der Waals surface area contributed by atoms with Crippen molar-refractivity contribution in [3.8, 4) is 0 Å². The predicted molar refractivity (Wildman–Crippen MR) is 76.6 cm³/mol. The highest BCUT2D eigenvalue weighted by atomic mass is 35.5. The van der Waals surface area contributed by atoms with Crippen molar-refractivity contribution in [2.75, 3.05) is 6.54 Å². The van der Waals surface area contributed by atoms with Crippen molar-refractivity contribution in [1.29, 1.82) is 0 Å². The fourth-order valence-corrected chi connectivity index (χ4v) is 1.96. The van der Waals surface area contributed by atoms with E-state index in [9.17, 15) is 4.39 Å². The second kappa shape index (κ2) is 6.35. The van der Waals surface area contributed by atoms with Crippen molar-refractivity contribution >= 4 is 11.6 Å². The highest BCUT2D eigenvalue weighted by Crippen LogP contribution is 2.25. The van der Waals surface area contributed by atoms with Gasteiger partial charge in [0.2, 0.25) is 0 Å². The standard InChI is InChI=1S/C15H21ClFN/c1-5-15(4,10-18-11(2)3)9-12-6-7-14(17)13(16)8-12/h5-8,11,18H,1,9-10H2,2-4H3. The van der Waals surface area contributed by atoms with Gasteiger partial charge in [-0.05, 0) is 24.1 Å². The molecule has 0 aliphatic heterocycles. The third kappa shape index (κ3) is 4.43. The van der Waals surface area contributed by atoms with Crippen LogP contribution in [0.15, 0.2) is 30.9 Å². The van der Waals surface area contributed by atoms with Gasteiger partial charge in [-0.25, -0.2) is 4.39 Å². The van der Waals surface area contributed by atoms with Gasteiger partial charge in [0, 0.05) is 18.0 Å². The maximum Gasteiger partial charge on any atom is 0.141 e. The lowest BCUT2D eigenvalue weighted by molar-refractivity contribution is 0.373. The van der Waals surface area contributed by atoms with Crippen molar-refractivity contribution in [3.63, 3.8) is 0 Å². The summed E-state index contributed by atoms with van der Waals surface area (Å²) in [6, 6.07) is 5.31. The Balaban J connectivity index is 2.77. The van der Waals surface area contributed by atoms with E-state index in [0.29, 0.717) is 6.04 Å². The molecule has 1 unspecified atom stereocenters. The summed E-state index contributed by atoms with van der Waals surface area (Å²) in [6.07, 6.45) is 2.73. The Kier molecular flexibility index (Phi) is 5.36. The number of hydrogen-bond acceptors (Lipinski definition) is 1. The molecule has 0 fully saturated rings. The van der Waals surface area contributed by atoms with E-state index >= 15 is 0 Å². The molecule has 1 N–H and O–H groups in total. The Hall–Kier alpha value is -0.860. The van der Waals surface area contributed by atoms with Crippen LogP contribution >= 0.6 is 11.6 Å². The van der Waals surface area contributed by atoms with E-state index < -0.39 is 0 Å². The molecule has 1 nitrogen and oxygen atoms in total. The van der Waals surface area contributed by atoms with Gasteiger partial charge in [-0.1, -0.05) is 44.5 Å². The van der Waals surface area contributed by atoms with Crippen LogP contribution in [0, 0.1) is 11.2 Å². The van der Waals surface area contributed by atoms with Gasteiger partial charge in [-0.2, -0.15) is 0 Å². The number of nitrogens with one attached hydrogen (secondary N) is 1. The first kappa shape index (κ1) is 15.2. The third-order valence-corrected chi connectivity index (χ3v) is 3.29. The van der Waals surface area contributed by atoms with Crippen molar-refractivity contribution in [3.05, 3.63) is 47.3 Å². The SMILES string of the molecule is C=CC(C)(CNC(C)C)Cc1ccc(F)c(Cl)c1. The summed E-state index contributed by atoms with van der Waals surface area (Å²) in [6.45, 7) is 11.1. The average Bonchev–Trinajstić information content (AvgIpc) is 2.31. The van der Waals surface area contributed by atoms with Crippen LogP contribution < -0.4 is 5.32 Å². The molecular formula is C15H21ClFN. The van der Waals surface area contributed by atoms with Gasteiger partial charge in [0.1, 0.15) is 5.82 Å². The molecule has 0 spiro atoms. The molecule has 0 radical (unpaired) electrons.